The number of rotatable bonds is 4. The average Bonchev–Trinajstić information content (AvgIpc) is 2.79. The molecule has 0 aliphatic carbocycles. The van der Waals surface area contributed by atoms with E-state index in [9.17, 15) is 23.3 Å². The predicted octanol–water partition coefficient (Wildman–Crippen LogP) is 4.72. The molecule has 0 atom stereocenters. The number of halogens is 2. The number of anilines is 2. The highest BCUT2D eigenvalue weighted by Gasteiger charge is 2.34. The van der Waals surface area contributed by atoms with Gasteiger partial charge >= 0.3 is 11.9 Å². The molecule has 2 aromatic carbocycles. The molecule has 0 fully saturated rings. The summed E-state index contributed by atoms with van der Waals surface area (Å²) in [4.78, 5) is 44.9. The first-order valence-electron chi connectivity index (χ1n) is 9.31. The highest BCUT2D eigenvalue weighted by Crippen LogP contribution is 2.39. The SMILES string of the molecule is CSc1nc(-c2cc(C(=O)N=O)ccc2C)c2c(n1)N(c1c(F)cccc1F)C(=O)NC2. The van der Waals surface area contributed by atoms with Gasteiger partial charge in [0, 0.05) is 21.9 Å². The minimum atomic E-state index is -0.942. The molecule has 0 saturated heterocycles. The summed E-state index contributed by atoms with van der Waals surface area (Å²) in [5.41, 5.74) is 1.49. The largest absolute Gasteiger partial charge is 0.333 e. The number of hydrogen-bond donors (Lipinski definition) is 1. The van der Waals surface area contributed by atoms with E-state index in [-0.39, 0.29) is 23.1 Å². The highest BCUT2D eigenvalue weighted by molar-refractivity contribution is 7.98. The average molecular weight is 455 g/mol. The Morgan fingerprint density at radius 3 is 2.56 bits per heavy atom. The zero-order valence-corrected chi connectivity index (χ0v) is 17.7. The van der Waals surface area contributed by atoms with Crippen molar-refractivity contribution < 1.29 is 18.4 Å². The van der Waals surface area contributed by atoms with Crippen LogP contribution in [0.4, 0.5) is 25.1 Å². The van der Waals surface area contributed by atoms with Crippen LogP contribution in [0.2, 0.25) is 0 Å². The first kappa shape index (κ1) is 21.5. The summed E-state index contributed by atoms with van der Waals surface area (Å²) in [7, 11) is 0. The summed E-state index contributed by atoms with van der Waals surface area (Å²) in [5, 5.41) is 5.29. The lowest BCUT2D eigenvalue weighted by atomic mass is 9.97. The summed E-state index contributed by atoms with van der Waals surface area (Å²) in [6.45, 7) is 1.77. The molecule has 32 heavy (non-hydrogen) atoms. The van der Waals surface area contributed by atoms with Crippen molar-refractivity contribution in [2.75, 3.05) is 11.2 Å². The van der Waals surface area contributed by atoms with E-state index >= 15 is 0 Å². The number of para-hydroxylation sites is 1. The Kier molecular flexibility index (Phi) is 5.66. The van der Waals surface area contributed by atoms with Crippen LogP contribution in [0.3, 0.4) is 0 Å². The maximum Gasteiger partial charge on any atom is 0.328 e. The summed E-state index contributed by atoms with van der Waals surface area (Å²) in [6.07, 6.45) is 1.71. The minimum Gasteiger partial charge on any atom is -0.333 e. The monoisotopic (exact) mass is 455 g/mol. The Morgan fingerprint density at radius 2 is 1.91 bits per heavy atom. The summed E-state index contributed by atoms with van der Waals surface area (Å²) in [5.74, 6) is -2.78. The fourth-order valence-electron chi connectivity index (χ4n) is 3.43. The third-order valence-corrected chi connectivity index (χ3v) is 5.51. The number of aryl methyl sites for hydroxylation is 1. The Labute approximate surface area is 185 Å². The van der Waals surface area contributed by atoms with Crippen molar-refractivity contribution in [2.45, 2.75) is 18.6 Å². The van der Waals surface area contributed by atoms with Crippen LogP contribution in [-0.2, 0) is 6.54 Å². The predicted molar refractivity (Wildman–Crippen MR) is 115 cm³/mol. The van der Waals surface area contributed by atoms with Gasteiger partial charge in [-0.15, -0.1) is 4.91 Å². The van der Waals surface area contributed by atoms with Crippen LogP contribution in [0.5, 0.6) is 0 Å². The third-order valence-electron chi connectivity index (χ3n) is 4.96. The van der Waals surface area contributed by atoms with Crippen molar-refractivity contribution in [2.24, 2.45) is 5.18 Å². The fraction of sp³-hybridized carbons (Fsp3) is 0.143. The molecule has 11 heteroatoms. The second-order valence-electron chi connectivity index (χ2n) is 6.85. The molecule has 8 nitrogen and oxygen atoms in total. The summed E-state index contributed by atoms with van der Waals surface area (Å²) >= 11 is 1.17. The smallest absolute Gasteiger partial charge is 0.328 e. The van der Waals surface area contributed by atoms with Crippen LogP contribution < -0.4 is 10.2 Å². The molecule has 0 radical (unpaired) electrons. The second kappa shape index (κ2) is 8.42. The molecule has 0 spiro atoms. The maximum absolute atomic E-state index is 14.6. The number of aromatic nitrogens is 2. The van der Waals surface area contributed by atoms with Gasteiger partial charge in [0.05, 0.1) is 12.2 Å². The topological polar surface area (TPSA) is 105 Å². The van der Waals surface area contributed by atoms with E-state index in [4.69, 9.17) is 0 Å². The number of urea groups is 1. The molecule has 162 valence electrons. The normalized spacial score (nSPS) is 12.9. The van der Waals surface area contributed by atoms with E-state index in [1.165, 1.54) is 30.0 Å². The molecule has 1 aromatic heterocycles. The van der Waals surface area contributed by atoms with Gasteiger partial charge in [-0.05, 0) is 43.0 Å². The molecule has 0 unspecified atom stereocenters. The van der Waals surface area contributed by atoms with E-state index in [0.29, 0.717) is 16.8 Å². The number of nitrogens with zero attached hydrogens (tertiary/aromatic N) is 4. The Balaban J connectivity index is 2.00. The number of hydrogen-bond acceptors (Lipinski definition) is 6. The van der Waals surface area contributed by atoms with E-state index in [2.05, 4.69) is 20.5 Å². The molecule has 3 amide bonds. The van der Waals surface area contributed by atoms with Gasteiger partial charge in [0.1, 0.15) is 17.3 Å². The number of nitroso groups, excluding NO2 is 1. The molecular weight excluding hydrogens is 440 g/mol. The minimum absolute atomic E-state index is 0.00568. The van der Waals surface area contributed by atoms with Crippen LogP contribution in [0.15, 0.2) is 46.7 Å². The van der Waals surface area contributed by atoms with Crippen LogP contribution in [-0.4, -0.2) is 28.2 Å². The van der Waals surface area contributed by atoms with Crippen LogP contribution in [0.25, 0.3) is 11.3 Å². The third kappa shape index (κ3) is 3.60. The molecule has 1 aliphatic rings. The van der Waals surface area contributed by atoms with Gasteiger partial charge in [-0.2, -0.15) is 0 Å². The van der Waals surface area contributed by atoms with Gasteiger partial charge in [-0.3, -0.25) is 4.79 Å². The van der Waals surface area contributed by atoms with Gasteiger partial charge in [-0.1, -0.05) is 23.9 Å². The van der Waals surface area contributed by atoms with Gasteiger partial charge in [0.25, 0.3) is 0 Å². The first-order valence-corrected chi connectivity index (χ1v) is 10.5. The maximum atomic E-state index is 14.6. The molecule has 0 bridgehead atoms. The fourth-order valence-corrected chi connectivity index (χ4v) is 3.79. The van der Waals surface area contributed by atoms with Crippen LogP contribution >= 0.6 is 11.8 Å². The van der Waals surface area contributed by atoms with Crippen molar-refractivity contribution in [1.29, 1.82) is 0 Å². The quantitative estimate of drug-likeness (QED) is 0.347. The molecule has 3 aromatic rings. The molecule has 2 heterocycles. The first-order chi connectivity index (χ1) is 15.3. The van der Waals surface area contributed by atoms with Gasteiger partial charge in [0.15, 0.2) is 11.0 Å². The lowest BCUT2D eigenvalue weighted by molar-refractivity contribution is 0.100. The molecule has 0 saturated carbocycles. The van der Waals surface area contributed by atoms with Crippen molar-refractivity contribution in [1.82, 2.24) is 15.3 Å². The van der Waals surface area contributed by atoms with Gasteiger partial charge < -0.3 is 5.32 Å². The highest BCUT2D eigenvalue weighted by atomic mass is 32.2. The van der Waals surface area contributed by atoms with Gasteiger partial charge in [0.2, 0.25) is 0 Å². The van der Waals surface area contributed by atoms with Crippen molar-refractivity contribution >= 4 is 35.2 Å². The van der Waals surface area contributed by atoms with Crippen LogP contribution in [0, 0.1) is 23.5 Å². The van der Waals surface area contributed by atoms with Crippen molar-refractivity contribution in [3.8, 4) is 11.3 Å². The zero-order valence-electron chi connectivity index (χ0n) is 16.8. The standard InChI is InChI=1S/C21H15F2N5O3S/c1-10-6-7-11(19(29)27-31)8-12(10)16-13-9-24-21(30)28(18(13)26-20(25-16)32-2)17-14(22)4-3-5-15(17)23/h3-8H,9H2,1-2H3,(H,24,30). The summed E-state index contributed by atoms with van der Waals surface area (Å²) in [6, 6.07) is 7.11. The van der Waals surface area contributed by atoms with Crippen molar-refractivity contribution in [3.63, 3.8) is 0 Å². The van der Waals surface area contributed by atoms with Crippen molar-refractivity contribution in [3.05, 3.63) is 69.6 Å². The molecular formula is C21H15F2N5O3S. The van der Waals surface area contributed by atoms with E-state index in [0.717, 1.165) is 22.6 Å². The van der Waals surface area contributed by atoms with E-state index < -0.39 is 29.3 Å². The number of nitrogens with one attached hydrogen (secondary N) is 1. The number of amides is 3. The summed E-state index contributed by atoms with van der Waals surface area (Å²) < 4.78 is 29.1. The van der Waals surface area contributed by atoms with E-state index in [1.807, 2.05) is 0 Å². The van der Waals surface area contributed by atoms with Gasteiger partial charge in [-0.25, -0.2) is 28.4 Å². The zero-order chi connectivity index (χ0) is 23.0. The lowest BCUT2D eigenvalue weighted by Crippen LogP contribution is -2.43. The number of benzene rings is 2. The number of carbonyl (C=O) groups is 2. The Morgan fingerprint density at radius 1 is 1.19 bits per heavy atom. The molecule has 1 aliphatic heterocycles. The number of fused-ring (bicyclic) bond motifs is 1. The Hall–Kier alpha value is -3.73. The van der Waals surface area contributed by atoms with E-state index in [1.54, 1.807) is 19.2 Å². The molecule has 4 rings (SSSR count). The number of thioether (sulfide) groups is 1. The lowest BCUT2D eigenvalue weighted by Gasteiger charge is -2.30. The second-order valence-corrected chi connectivity index (χ2v) is 7.62. The Bertz CT molecular complexity index is 1260. The van der Waals surface area contributed by atoms with Crippen LogP contribution in [0.1, 0.15) is 21.5 Å². The number of carbonyl (C=O) groups excluding carboxylic acids is 2. The molecule has 1 N–H and O–H groups in total.